The Morgan fingerprint density at radius 2 is 1.83 bits per heavy atom. The lowest BCUT2D eigenvalue weighted by Crippen LogP contribution is -2.21. The van der Waals surface area contributed by atoms with Gasteiger partial charge in [0.15, 0.2) is 11.5 Å². The van der Waals surface area contributed by atoms with E-state index in [2.05, 4.69) is 53.6 Å². The minimum atomic E-state index is -5.08. The van der Waals surface area contributed by atoms with Gasteiger partial charge in [0.05, 0.1) is 10.7 Å². The number of aryl methyl sites for hydroxylation is 1. The van der Waals surface area contributed by atoms with Crippen LogP contribution in [0.5, 0.6) is 0 Å². The molecule has 1 amide bonds. The molecule has 3 aromatic rings. The molecule has 1 aliphatic heterocycles. The van der Waals surface area contributed by atoms with Crippen LogP contribution in [0.2, 0.25) is 0 Å². The number of carboxylic acid groups (broad SMARTS) is 1. The summed E-state index contributed by atoms with van der Waals surface area (Å²) < 4.78 is 34.2. The average molecular weight is 555 g/mol. The Kier molecular flexibility index (Phi) is 8.57. The number of benzene rings is 1. The summed E-state index contributed by atoms with van der Waals surface area (Å²) in [4.78, 5) is 24.0. The van der Waals surface area contributed by atoms with Crippen LogP contribution in [0.15, 0.2) is 47.2 Å². The lowest BCUT2D eigenvalue weighted by Gasteiger charge is -2.16. The molecule has 1 aromatic carbocycles. The summed E-state index contributed by atoms with van der Waals surface area (Å²) in [5.74, 6) is -2.49. The maximum absolute atomic E-state index is 12.6. The molecular formula is C22H22BrF3N6O3. The molecular weight excluding hydrogens is 533 g/mol. The Morgan fingerprint density at radius 3 is 2.37 bits per heavy atom. The van der Waals surface area contributed by atoms with E-state index >= 15 is 0 Å². The zero-order valence-electron chi connectivity index (χ0n) is 18.6. The largest absolute Gasteiger partial charge is 0.490 e. The molecule has 3 heterocycles. The van der Waals surface area contributed by atoms with E-state index in [4.69, 9.17) is 9.90 Å². The van der Waals surface area contributed by atoms with Crippen LogP contribution in [0.25, 0.3) is 5.82 Å². The highest BCUT2D eigenvalue weighted by Gasteiger charge is 2.38. The second-order valence-corrected chi connectivity index (χ2v) is 8.69. The molecule has 0 aliphatic carbocycles. The molecule has 9 nitrogen and oxygen atoms in total. The van der Waals surface area contributed by atoms with Crippen molar-refractivity contribution in [1.82, 2.24) is 24.9 Å². The molecule has 1 aliphatic rings. The average Bonchev–Trinajstić information content (AvgIpc) is 3.48. The van der Waals surface area contributed by atoms with E-state index in [-0.39, 0.29) is 11.6 Å². The molecule has 0 spiro atoms. The predicted octanol–water partition coefficient (Wildman–Crippen LogP) is 4.21. The number of nitrogens with one attached hydrogen (secondary N) is 1. The van der Waals surface area contributed by atoms with Gasteiger partial charge in [0.2, 0.25) is 0 Å². The van der Waals surface area contributed by atoms with Gasteiger partial charge in [0.25, 0.3) is 5.91 Å². The number of carbonyl (C=O) groups excluding carboxylic acids is 1. The Hall–Kier alpha value is -3.32. The lowest BCUT2D eigenvalue weighted by molar-refractivity contribution is -0.192. The summed E-state index contributed by atoms with van der Waals surface area (Å²) in [6.07, 6.45) is 0.887. The van der Waals surface area contributed by atoms with E-state index < -0.39 is 12.1 Å². The number of carboxylic acids is 1. The zero-order chi connectivity index (χ0) is 25.6. The normalized spacial score (nSPS) is 13.7. The van der Waals surface area contributed by atoms with Crippen LogP contribution in [0.3, 0.4) is 0 Å². The van der Waals surface area contributed by atoms with Crippen LogP contribution in [-0.4, -0.2) is 61.1 Å². The number of hydrogen-bond acceptors (Lipinski definition) is 6. The fourth-order valence-electron chi connectivity index (χ4n) is 3.28. The Balaban J connectivity index is 0.000000429. The second-order valence-electron chi connectivity index (χ2n) is 7.77. The number of alkyl halides is 3. The highest BCUT2D eigenvalue weighted by atomic mass is 79.9. The van der Waals surface area contributed by atoms with Crippen molar-refractivity contribution >= 4 is 33.5 Å². The Labute approximate surface area is 207 Å². The topological polar surface area (TPSA) is 113 Å². The van der Waals surface area contributed by atoms with Crippen LogP contribution in [0.4, 0.5) is 18.9 Å². The second kappa shape index (κ2) is 11.4. The summed E-state index contributed by atoms with van der Waals surface area (Å²) in [5, 5.41) is 22.4. The molecule has 0 bridgehead atoms. The molecule has 1 saturated heterocycles. The van der Waals surface area contributed by atoms with Gasteiger partial charge in [-0.1, -0.05) is 12.1 Å². The smallest absolute Gasteiger partial charge is 0.475 e. The minimum Gasteiger partial charge on any atom is -0.475 e. The van der Waals surface area contributed by atoms with E-state index in [1.807, 2.05) is 13.0 Å². The third-order valence-corrected chi connectivity index (χ3v) is 5.48. The summed E-state index contributed by atoms with van der Waals surface area (Å²) in [6.45, 7) is 5.19. The van der Waals surface area contributed by atoms with E-state index in [9.17, 15) is 18.0 Å². The standard InChI is InChI=1S/C20H21BrN6O.C2HF3O2/c1-14-4-5-15(12-26-8-2-3-9-26)10-18(14)23-20(28)17-6-7-19(25-24-17)27-13-16(21)11-22-27;3-2(4,5)1(6)7/h4-7,10-11,13H,2-3,8-9,12H2,1H3,(H,23,28);(H,6,7). The van der Waals surface area contributed by atoms with Crippen molar-refractivity contribution in [3.05, 3.63) is 64.0 Å². The molecule has 0 saturated carbocycles. The summed E-state index contributed by atoms with van der Waals surface area (Å²) in [7, 11) is 0. The number of aromatic nitrogens is 4. The van der Waals surface area contributed by atoms with Crippen molar-refractivity contribution < 1.29 is 27.9 Å². The molecule has 0 unspecified atom stereocenters. The van der Waals surface area contributed by atoms with Gasteiger partial charge in [-0.2, -0.15) is 18.3 Å². The predicted molar refractivity (Wildman–Crippen MR) is 124 cm³/mol. The van der Waals surface area contributed by atoms with Gasteiger partial charge < -0.3 is 10.4 Å². The number of anilines is 1. The van der Waals surface area contributed by atoms with Crippen molar-refractivity contribution in [2.75, 3.05) is 18.4 Å². The maximum Gasteiger partial charge on any atom is 0.490 e. The molecule has 2 N–H and O–H groups in total. The van der Waals surface area contributed by atoms with Gasteiger partial charge in [-0.3, -0.25) is 9.69 Å². The van der Waals surface area contributed by atoms with Crippen LogP contribution >= 0.6 is 15.9 Å². The SMILES string of the molecule is Cc1ccc(CN2CCCC2)cc1NC(=O)c1ccc(-n2cc(Br)cn2)nn1.O=C(O)C(F)(F)F. The highest BCUT2D eigenvalue weighted by molar-refractivity contribution is 9.10. The third-order valence-electron chi connectivity index (χ3n) is 5.07. The Bertz CT molecular complexity index is 1180. The molecule has 186 valence electrons. The van der Waals surface area contributed by atoms with E-state index in [0.717, 1.165) is 35.4 Å². The fourth-order valence-corrected chi connectivity index (χ4v) is 3.57. The summed E-state index contributed by atoms with van der Waals surface area (Å²) in [6, 6.07) is 9.59. The fraction of sp³-hybridized carbons (Fsp3) is 0.318. The highest BCUT2D eigenvalue weighted by Crippen LogP contribution is 2.21. The number of rotatable bonds is 5. The molecule has 35 heavy (non-hydrogen) atoms. The van der Waals surface area contributed by atoms with E-state index in [1.54, 1.807) is 29.2 Å². The van der Waals surface area contributed by atoms with Gasteiger partial charge >= 0.3 is 12.1 Å². The number of likely N-dealkylation sites (tertiary alicyclic amines) is 1. The number of halogens is 4. The van der Waals surface area contributed by atoms with Gasteiger partial charge in [0, 0.05) is 18.4 Å². The van der Waals surface area contributed by atoms with Crippen molar-refractivity contribution in [3.8, 4) is 5.82 Å². The number of nitrogens with zero attached hydrogens (tertiary/aromatic N) is 5. The summed E-state index contributed by atoms with van der Waals surface area (Å²) in [5.41, 5.74) is 3.29. The van der Waals surface area contributed by atoms with Crippen LogP contribution in [0.1, 0.15) is 34.5 Å². The molecule has 2 aromatic heterocycles. The van der Waals surface area contributed by atoms with Crippen LogP contribution < -0.4 is 5.32 Å². The van der Waals surface area contributed by atoms with Gasteiger partial charge in [-0.25, -0.2) is 9.48 Å². The van der Waals surface area contributed by atoms with E-state index in [0.29, 0.717) is 5.82 Å². The quantitative estimate of drug-likeness (QED) is 0.485. The van der Waals surface area contributed by atoms with Crippen molar-refractivity contribution in [3.63, 3.8) is 0 Å². The van der Waals surface area contributed by atoms with Gasteiger partial charge in [0.1, 0.15) is 0 Å². The maximum atomic E-state index is 12.6. The third kappa shape index (κ3) is 7.59. The van der Waals surface area contributed by atoms with Gasteiger partial charge in [-0.05, 0) is 78.1 Å². The first kappa shape index (κ1) is 26.3. The minimum absolute atomic E-state index is 0.263. The van der Waals surface area contributed by atoms with Crippen molar-refractivity contribution in [1.29, 1.82) is 0 Å². The van der Waals surface area contributed by atoms with Gasteiger partial charge in [-0.15, -0.1) is 10.2 Å². The first-order valence-electron chi connectivity index (χ1n) is 10.5. The van der Waals surface area contributed by atoms with E-state index in [1.165, 1.54) is 18.4 Å². The van der Waals surface area contributed by atoms with Crippen LogP contribution in [0, 0.1) is 6.92 Å². The van der Waals surface area contributed by atoms with Crippen molar-refractivity contribution in [2.45, 2.75) is 32.5 Å². The first-order valence-corrected chi connectivity index (χ1v) is 11.3. The first-order chi connectivity index (χ1) is 16.5. The zero-order valence-corrected chi connectivity index (χ0v) is 20.2. The van der Waals surface area contributed by atoms with Crippen molar-refractivity contribution in [2.24, 2.45) is 0 Å². The number of amides is 1. The van der Waals surface area contributed by atoms with Crippen LogP contribution in [-0.2, 0) is 11.3 Å². The Morgan fingerprint density at radius 1 is 1.14 bits per heavy atom. The number of hydrogen-bond donors (Lipinski definition) is 2. The molecule has 13 heteroatoms. The molecule has 1 fully saturated rings. The number of aliphatic carboxylic acids is 1. The molecule has 0 radical (unpaired) electrons. The monoisotopic (exact) mass is 554 g/mol. The number of carbonyl (C=O) groups is 2. The molecule has 0 atom stereocenters. The molecule has 4 rings (SSSR count). The lowest BCUT2D eigenvalue weighted by atomic mass is 10.1. The summed E-state index contributed by atoms with van der Waals surface area (Å²) >= 11 is 3.35.